The van der Waals surface area contributed by atoms with Gasteiger partial charge in [-0.3, -0.25) is 4.79 Å². The molecular formula is C16H13ClN2O3. The highest BCUT2D eigenvalue weighted by atomic mass is 35.5. The van der Waals surface area contributed by atoms with E-state index >= 15 is 0 Å². The number of amides is 1. The van der Waals surface area contributed by atoms with Crippen molar-refractivity contribution >= 4 is 17.5 Å². The molecule has 1 aromatic carbocycles. The number of furan rings is 1. The van der Waals surface area contributed by atoms with Crippen LogP contribution < -0.4 is 5.32 Å². The van der Waals surface area contributed by atoms with Crippen LogP contribution in [0, 0.1) is 0 Å². The van der Waals surface area contributed by atoms with Gasteiger partial charge in [0, 0.05) is 22.7 Å². The zero-order chi connectivity index (χ0) is 15.4. The molecule has 0 unspecified atom stereocenters. The maximum absolute atomic E-state index is 11.9. The number of benzene rings is 1. The number of nitrogens with one attached hydrogen (secondary N) is 1. The van der Waals surface area contributed by atoms with E-state index in [1.54, 1.807) is 30.7 Å². The normalized spacial score (nSPS) is 10.6. The second-order valence-electron chi connectivity index (χ2n) is 4.74. The molecule has 1 amide bonds. The highest BCUT2D eigenvalue weighted by Crippen LogP contribution is 2.21. The van der Waals surface area contributed by atoms with E-state index in [4.69, 9.17) is 20.4 Å². The Morgan fingerprint density at radius 3 is 2.73 bits per heavy atom. The first-order valence-electron chi connectivity index (χ1n) is 6.69. The summed E-state index contributed by atoms with van der Waals surface area (Å²) in [5.74, 6) is 0.339. The standard InChI is InChI=1S/C16H13ClN2O3/c17-13-3-1-12(2-4-13)16-19-14(10-22-16)7-15(20)18-8-11-5-6-21-9-11/h1-6,9-10H,7-8H2,(H,18,20). The number of aromatic nitrogens is 1. The van der Waals surface area contributed by atoms with Crippen LogP contribution in [0.3, 0.4) is 0 Å². The molecule has 6 heteroatoms. The van der Waals surface area contributed by atoms with Gasteiger partial charge in [0.05, 0.1) is 24.6 Å². The van der Waals surface area contributed by atoms with E-state index in [0.717, 1.165) is 11.1 Å². The molecule has 3 aromatic rings. The first kappa shape index (κ1) is 14.4. The molecular weight excluding hydrogens is 304 g/mol. The average molecular weight is 317 g/mol. The van der Waals surface area contributed by atoms with E-state index in [0.29, 0.717) is 23.2 Å². The number of hydrogen-bond donors (Lipinski definition) is 1. The molecule has 2 aromatic heterocycles. The second-order valence-corrected chi connectivity index (χ2v) is 5.17. The lowest BCUT2D eigenvalue weighted by Gasteiger charge is -2.00. The number of nitrogens with zero attached hydrogens (tertiary/aromatic N) is 1. The van der Waals surface area contributed by atoms with Gasteiger partial charge in [0.2, 0.25) is 11.8 Å². The summed E-state index contributed by atoms with van der Waals surface area (Å²) in [7, 11) is 0. The highest BCUT2D eigenvalue weighted by molar-refractivity contribution is 6.30. The van der Waals surface area contributed by atoms with Crippen molar-refractivity contribution < 1.29 is 13.6 Å². The number of carbonyl (C=O) groups is 1. The van der Waals surface area contributed by atoms with Gasteiger partial charge in [-0.15, -0.1) is 0 Å². The van der Waals surface area contributed by atoms with Crippen LogP contribution in [0.5, 0.6) is 0 Å². The van der Waals surface area contributed by atoms with E-state index in [-0.39, 0.29) is 12.3 Å². The zero-order valence-electron chi connectivity index (χ0n) is 11.6. The van der Waals surface area contributed by atoms with Crippen molar-refractivity contribution in [3.8, 4) is 11.5 Å². The Morgan fingerprint density at radius 2 is 2.00 bits per heavy atom. The van der Waals surface area contributed by atoms with Gasteiger partial charge < -0.3 is 14.2 Å². The topological polar surface area (TPSA) is 68.3 Å². The lowest BCUT2D eigenvalue weighted by atomic mass is 10.2. The van der Waals surface area contributed by atoms with Crippen LogP contribution in [0.15, 0.2) is 58.0 Å². The molecule has 0 aliphatic rings. The maximum Gasteiger partial charge on any atom is 0.226 e. The Hall–Kier alpha value is -2.53. The third kappa shape index (κ3) is 3.56. The first-order valence-corrected chi connectivity index (χ1v) is 7.06. The van der Waals surface area contributed by atoms with Gasteiger partial charge >= 0.3 is 0 Å². The molecule has 0 bridgehead atoms. The maximum atomic E-state index is 11.9. The Balaban J connectivity index is 1.59. The molecule has 0 atom stereocenters. The molecule has 2 heterocycles. The van der Waals surface area contributed by atoms with Gasteiger partial charge in [-0.25, -0.2) is 4.98 Å². The van der Waals surface area contributed by atoms with Crippen LogP contribution in [0.25, 0.3) is 11.5 Å². The molecule has 0 spiro atoms. The third-order valence-electron chi connectivity index (χ3n) is 3.05. The van der Waals surface area contributed by atoms with Crippen molar-refractivity contribution in [1.29, 1.82) is 0 Å². The zero-order valence-corrected chi connectivity index (χ0v) is 12.3. The van der Waals surface area contributed by atoms with Crippen LogP contribution in [0.2, 0.25) is 5.02 Å². The molecule has 0 aliphatic heterocycles. The van der Waals surface area contributed by atoms with Crippen LogP contribution >= 0.6 is 11.6 Å². The summed E-state index contributed by atoms with van der Waals surface area (Å²) in [6.45, 7) is 0.428. The summed E-state index contributed by atoms with van der Waals surface area (Å²) in [6.07, 6.45) is 4.81. The number of rotatable bonds is 5. The van der Waals surface area contributed by atoms with Crippen molar-refractivity contribution in [1.82, 2.24) is 10.3 Å². The van der Waals surface area contributed by atoms with E-state index < -0.39 is 0 Å². The fourth-order valence-electron chi connectivity index (χ4n) is 1.93. The molecule has 0 aliphatic carbocycles. The van der Waals surface area contributed by atoms with Gasteiger partial charge in [0.25, 0.3) is 0 Å². The number of hydrogen-bond acceptors (Lipinski definition) is 4. The third-order valence-corrected chi connectivity index (χ3v) is 3.31. The fraction of sp³-hybridized carbons (Fsp3) is 0.125. The molecule has 0 fully saturated rings. The predicted molar refractivity (Wildman–Crippen MR) is 81.2 cm³/mol. The van der Waals surface area contributed by atoms with Crippen molar-refractivity contribution in [3.05, 3.63) is 65.4 Å². The predicted octanol–water partition coefficient (Wildman–Crippen LogP) is 3.45. The van der Waals surface area contributed by atoms with Crippen molar-refractivity contribution in [2.24, 2.45) is 0 Å². The Morgan fingerprint density at radius 1 is 1.18 bits per heavy atom. The largest absolute Gasteiger partial charge is 0.472 e. The molecule has 5 nitrogen and oxygen atoms in total. The lowest BCUT2D eigenvalue weighted by Crippen LogP contribution is -2.24. The Kier molecular flexibility index (Phi) is 4.25. The van der Waals surface area contributed by atoms with Crippen LogP contribution in [-0.4, -0.2) is 10.9 Å². The minimum atomic E-state index is -0.128. The molecule has 112 valence electrons. The Bertz CT molecular complexity index is 748. The van der Waals surface area contributed by atoms with Crippen LogP contribution in [0.1, 0.15) is 11.3 Å². The van der Waals surface area contributed by atoms with Gasteiger partial charge in [0.15, 0.2) is 0 Å². The summed E-state index contributed by atoms with van der Waals surface area (Å²) < 4.78 is 10.3. The molecule has 3 rings (SSSR count). The monoisotopic (exact) mass is 316 g/mol. The summed E-state index contributed by atoms with van der Waals surface area (Å²) >= 11 is 5.84. The summed E-state index contributed by atoms with van der Waals surface area (Å²) in [4.78, 5) is 16.2. The van der Waals surface area contributed by atoms with Gasteiger partial charge in [0.1, 0.15) is 6.26 Å². The minimum absolute atomic E-state index is 0.128. The molecule has 1 N–H and O–H groups in total. The second kappa shape index (κ2) is 6.49. The number of oxazole rings is 1. The summed E-state index contributed by atoms with van der Waals surface area (Å²) in [5.41, 5.74) is 2.31. The van der Waals surface area contributed by atoms with Crippen LogP contribution in [-0.2, 0) is 17.8 Å². The van der Waals surface area contributed by atoms with Gasteiger partial charge in [-0.1, -0.05) is 11.6 Å². The van der Waals surface area contributed by atoms with Crippen LogP contribution in [0.4, 0.5) is 0 Å². The number of carbonyl (C=O) groups excluding carboxylic acids is 1. The fourth-order valence-corrected chi connectivity index (χ4v) is 2.06. The minimum Gasteiger partial charge on any atom is -0.472 e. The lowest BCUT2D eigenvalue weighted by molar-refractivity contribution is -0.120. The average Bonchev–Trinajstić information content (AvgIpc) is 3.17. The smallest absolute Gasteiger partial charge is 0.226 e. The van der Waals surface area contributed by atoms with Gasteiger partial charge in [-0.05, 0) is 30.3 Å². The summed E-state index contributed by atoms with van der Waals surface area (Å²) in [5, 5.41) is 3.44. The van der Waals surface area contributed by atoms with E-state index in [1.807, 2.05) is 12.1 Å². The Labute approximate surface area is 131 Å². The van der Waals surface area contributed by atoms with E-state index in [9.17, 15) is 4.79 Å². The van der Waals surface area contributed by atoms with Crippen molar-refractivity contribution in [3.63, 3.8) is 0 Å². The summed E-state index contributed by atoms with van der Waals surface area (Å²) in [6, 6.07) is 8.96. The SMILES string of the molecule is O=C(Cc1coc(-c2ccc(Cl)cc2)n1)NCc1ccoc1. The molecule has 22 heavy (non-hydrogen) atoms. The quantitative estimate of drug-likeness (QED) is 0.783. The van der Waals surface area contributed by atoms with Crippen molar-refractivity contribution in [2.45, 2.75) is 13.0 Å². The van der Waals surface area contributed by atoms with E-state index in [2.05, 4.69) is 10.3 Å². The molecule has 0 saturated heterocycles. The van der Waals surface area contributed by atoms with E-state index in [1.165, 1.54) is 6.26 Å². The number of halogens is 1. The van der Waals surface area contributed by atoms with Crippen molar-refractivity contribution in [2.75, 3.05) is 0 Å². The molecule has 0 saturated carbocycles. The highest BCUT2D eigenvalue weighted by Gasteiger charge is 2.10. The molecule has 0 radical (unpaired) electrons. The first-order chi connectivity index (χ1) is 10.7. The van der Waals surface area contributed by atoms with Gasteiger partial charge in [-0.2, -0.15) is 0 Å².